The van der Waals surface area contributed by atoms with Crippen LogP contribution in [0, 0.1) is 0 Å². The molecule has 0 saturated carbocycles. The topological polar surface area (TPSA) is 60.1 Å². The van der Waals surface area contributed by atoms with E-state index in [2.05, 4.69) is 10.3 Å². The third-order valence-corrected chi connectivity index (χ3v) is 2.33. The van der Waals surface area contributed by atoms with Crippen LogP contribution in [-0.4, -0.2) is 15.5 Å². The quantitative estimate of drug-likeness (QED) is 0.879. The number of furan rings is 1. The van der Waals surface area contributed by atoms with Crippen LogP contribution in [0.2, 0.25) is 5.28 Å². The second-order valence-corrected chi connectivity index (χ2v) is 3.52. The largest absolute Gasteiger partial charge is 0.467 e. The zero-order chi connectivity index (χ0) is 11.4. The minimum Gasteiger partial charge on any atom is -0.467 e. The molecular weight excluding hydrogens is 230 g/mol. The van der Waals surface area contributed by atoms with Gasteiger partial charge in [-0.05, 0) is 23.7 Å². The SMILES string of the molecule is O=C(Cn1ccnc1Cl)NCc1ccco1. The van der Waals surface area contributed by atoms with E-state index >= 15 is 0 Å². The molecule has 1 N–H and O–H groups in total. The van der Waals surface area contributed by atoms with Gasteiger partial charge in [-0.2, -0.15) is 0 Å². The van der Waals surface area contributed by atoms with Crippen LogP contribution in [0.3, 0.4) is 0 Å². The van der Waals surface area contributed by atoms with Crippen molar-refractivity contribution in [3.05, 3.63) is 41.8 Å². The number of nitrogens with zero attached hydrogens (tertiary/aromatic N) is 2. The first-order valence-corrected chi connectivity index (χ1v) is 5.09. The number of halogens is 1. The summed E-state index contributed by atoms with van der Waals surface area (Å²) in [6.45, 7) is 0.525. The summed E-state index contributed by atoms with van der Waals surface area (Å²) in [4.78, 5) is 15.3. The Morgan fingerprint density at radius 1 is 1.62 bits per heavy atom. The van der Waals surface area contributed by atoms with Gasteiger partial charge >= 0.3 is 0 Å². The van der Waals surface area contributed by atoms with Crippen molar-refractivity contribution in [2.24, 2.45) is 0 Å². The van der Waals surface area contributed by atoms with Crippen molar-refractivity contribution in [1.29, 1.82) is 0 Å². The first-order chi connectivity index (χ1) is 7.75. The van der Waals surface area contributed by atoms with E-state index in [1.165, 1.54) is 0 Å². The standard InChI is InChI=1S/C10H10ClN3O2/c11-10-12-3-4-14(10)7-9(15)13-6-8-2-1-5-16-8/h1-5H,6-7H2,(H,13,15). The van der Waals surface area contributed by atoms with Crippen LogP contribution < -0.4 is 5.32 Å². The lowest BCUT2D eigenvalue weighted by atomic mass is 10.4. The van der Waals surface area contributed by atoms with Gasteiger partial charge in [0.15, 0.2) is 0 Å². The average molecular weight is 240 g/mol. The Morgan fingerprint density at radius 3 is 3.12 bits per heavy atom. The molecule has 16 heavy (non-hydrogen) atoms. The minimum absolute atomic E-state index is 0.142. The van der Waals surface area contributed by atoms with Crippen LogP contribution in [0.15, 0.2) is 35.2 Å². The molecular formula is C10H10ClN3O2. The van der Waals surface area contributed by atoms with Gasteiger partial charge < -0.3 is 14.3 Å². The van der Waals surface area contributed by atoms with Crippen LogP contribution in [0.5, 0.6) is 0 Å². The van der Waals surface area contributed by atoms with Crippen LogP contribution in [0.1, 0.15) is 5.76 Å². The highest BCUT2D eigenvalue weighted by molar-refractivity contribution is 6.28. The van der Waals surface area contributed by atoms with Gasteiger partial charge in [-0.1, -0.05) is 0 Å². The fraction of sp³-hybridized carbons (Fsp3) is 0.200. The third kappa shape index (κ3) is 2.64. The molecule has 0 aliphatic heterocycles. The minimum atomic E-state index is -0.142. The Hall–Kier alpha value is -1.75. The molecule has 0 aliphatic rings. The lowest BCUT2D eigenvalue weighted by Crippen LogP contribution is -2.26. The summed E-state index contributed by atoms with van der Waals surface area (Å²) in [5.74, 6) is 0.571. The number of rotatable bonds is 4. The van der Waals surface area contributed by atoms with E-state index < -0.39 is 0 Å². The molecule has 0 bridgehead atoms. The summed E-state index contributed by atoms with van der Waals surface area (Å²) in [7, 11) is 0. The average Bonchev–Trinajstić information content (AvgIpc) is 2.88. The smallest absolute Gasteiger partial charge is 0.240 e. The highest BCUT2D eigenvalue weighted by Gasteiger charge is 2.06. The van der Waals surface area contributed by atoms with Crippen molar-refractivity contribution in [1.82, 2.24) is 14.9 Å². The van der Waals surface area contributed by atoms with Gasteiger partial charge in [-0.25, -0.2) is 4.98 Å². The molecule has 2 heterocycles. The summed E-state index contributed by atoms with van der Waals surface area (Å²) >= 11 is 5.74. The molecule has 5 nitrogen and oxygen atoms in total. The lowest BCUT2D eigenvalue weighted by molar-refractivity contribution is -0.121. The molecule has 0 unspecified atom stereocenters. The van der Waals surface area contributed by atoms with E-state index in [0.29, 0.717) is 17.6 Å². The summed E-state index contributed by atoms with van der Waals surface area (Å²) < 4.78 is 6.64. The molecule has 2 rings (SSSR count). The third-order valence-electron chi connectivity index (χ3n) is 2.02. The first-order valence-electron chi connectivity index (χ1n) is 4.71. The number of amides is 1. The maximum Gasteiger partial charge on any atom is 0.240 e. The van der Waals surface area contributed by atoms with E-state index in [9.17, 15) is 4.79 Å². The molecule has 2 aromatic heterocycles. The summed E-state index contributed by atoms with van der Waals surface area (Å²) in [5.41, 5.74) is 0. The van der Waals surface area contributed by atoms with Gasteiger partial charge in [0, 0.05) is 12.4 Å². The van der Waals surface area contributed by atoms with Crippen molar-refractivity contribution >= 4 is 17.5 Å². The molecule has 2 aromatic rings. The Bertz CT molecular complexity index is 464. The number of hydrogen-bond donors (Lipinski definition) is 1. The molecule has 0 atom stereocenters. The van der Waals surface area contributed by atoms with Crippen LogP contribution in [-0.2, 0) is 17.9 Å². The van der Waals surface area contributed by atoms with Gasteiger partial charge in [0.2, 0.25) is 11.2 Å². The lowest BCUT2D eigenvalue weighted by Gasteiger charge is -2.04. The zero-order valence-electron chi connectivity index (χ0n) is 8.39. The van der Waals surface area contributed by atoms with Gasteiger partial charge in [0.1, 0.15) is 12.3 Å². The molecule has 0 aliphatic carbocycles. The Balaban J connectivity index is 1.83. The van der Waals surface area contributed by atoms with E-state index in [-0.39, 0.29) is 12.5 Å². The molecule has 0 radical (unpaired) electrons. The van der Waals surface area contributed by atoms with Crippen molar-refractivity contribution in [2.75, 3.05) is 0 Å². The molecule has 1 amide bonds. The van der Waals surface area contributed by atoms with Crippen LogP contribution in [0.4, 0.5) is 0 Å². The number of hydrogen-bond acceptors (Lipinski definition) is 3. The first kappa shape index (κ1) is 10.8. The van der Waals surface area contributed by atoms with E-state index in [1.807, 2.05) is 0 Å². The Labute approximate surface area is 97.0 Å². The van der Waals surface area contributed by atoms with E-state index in [1.54, 1.807) is 35.4 Å². The summed E-state index contributed by atoms with van der Waals surface area (Å²) in [5, 5.41) is 3.01. The predicted octanol–water partition coefficient (Wildman–Crippen LogP) is 1.45. The van der Waals surface area contributed by atoms with Crippen molar-refractivity contribution in [3.63, 3.8) is 0 Å². The number of carbonyl (C=O) groups excluding carboxylic acids is 1. The van der Waals surface area contributed by atoms with Gasteiger partial charge in [0.05, 0.1) is 12.8 Å². The van der Waals surface area contributed by atoms with Crippen molar-refractivity contribution in [2.45, 2.75) is 13.1 Å². The monoisotopic (exact) mass is 239 g/mol. The predicted molar refractivity (Wildman–Crippen MR) is 57.8 cm³/mol. The van der Waals surface area contributed by atoms with Gasteiger partial charge in [-0.15, -0.1) is 0 Å². The molecule has 84 valence electrons. The molecule has 6 heteroatoms. The normalized spacial score (nSPS) is 10.3. The maximum absolute atomic E-state index is 11.5. The van der Waals surface area contributed by atoms with Gasteiger partial charge in [-0.3, -0.25) is 4.79 Å². The second kappa shape index (κ2) is 4.85. The van der Waals surface area contributed by atoms with Crippen LogP contribution in [0.25, 0.3) is 0 Å². The highest BCUT2D eigenvalue weighted by atomic mass is 35.5. The molecule has 0 saturated heterocycles. The number of aromatic nitrogens is 2. The molecule has 0 aromatic carbocycles. The molecule has 0 fully saturated rings. The summed E-state index contributed by atoms with van der Waals surface area (Å²) in [6.07, 6.45) is 4.76. The number of imidazole rings is 1. The summed E-state index contributed by atoms with van der Waals surface area (Å²) in [6, 6.07) is 3.57. The highest BCUT2D eigenvalue weighted by Crippen LogP contribution is 2.04. The van der Waals surface area contributed by atoms with Gasteiger partial charge in [0.25, 0.3) is 0 Å². The number of carbonyl (C=O) groups is 1. The van der Waals surface area contributed by atoms with Crippen LogP contribution >= 0.6 is 11.6 Å². The Morgan fingerprint density at radius 2 is 2.50 bits per heavy atom. The van der Waals surface area contributed by atoms with Crippen molar-refractivity contribution < 1.29 is 9.21 Å². The van der Waals surface area contributed by atoms with E-state index in [0.717, 1.165) is 0 Å². The number of nitrogens with one attached hydrogen (secondary N) is 1. The maximum atomic E-state index is 11.5. The molecule has 0 spiro atoms. The van der Waals surface area contributed by atoms with E-state index in [4.69, 9.17) is 16.0 Å². The zero-order valence-corrected chi connectivity index (χ0v) is 9.15. The fourth-order valence-corrected chi connectivity index (χ4v) is 1.41. The second-order valence-electron chi connectivity index (χ2n) is 3.18. The van der Waals surface area contributed by atoms with Crippen molar-refractivity contribution in [3.8, 4) is 0 Å². The Kier molecular flexibility index (Phi) is 3.26. The fourth-order valence-electron chi connectivity index (χ4n) is 1.24.